The summed E-state index contributed by atoms with van der Waals surface area (Å²) in [5, 5.41) is 4.46. The molecule has 0 spiro atoms. The molecule has 26 heavy (non-hydrogen) atoms. The van der Waals surface area contributed by atoms with Gasteiger partial charge in [0, 0.05) is 29.6 Å². The van der Waals surface area contributed by atoms with Crippen molar-refractivity contribution in [2.75, 3.05) is 11.1 Å². The Morgan fingerprint density at radius 1 is 1.12 bits per heavy atom. The van der Waals surface area contributed by atoms with Gasteiger partial charge < -0.3 is 9.88 Å². The minimum Gasteiger partial charge on any atom is -0.325 e. The van der Waals surface area contributed by atoms with E-state index in [9.17, 15) is 4.79 Å². The fourth-order valence-electron chi connectivity index (χ4n) is 2.49. The third-order valence-electron chi connectivity index (χ3n) is 3.92. The number of carbonyl (C=O) groups excluding carboxylic acids is 1. The molecule has 2 aromatic carbocycles. The Balaban J connectivity index is 1.55. The Bertz CT molecular complexity index is 860. The van der Waals surface area contributed by atoms with E-state index in [0.717, 1.165) is 27.9 Å². The number of thioether (sulfide) groups is 1. The van der Waals surface area contributed by atoms with Gasteiger partial charge in [-0.1, -0.05) is 54.6 Å². The van der Waals surface area contributed by atoms with Crippen molar-refractivity contribution in [3.05, 3.63) is 77.1 Å². The summed E-state index contributed by atoms with van der Waals surface area (Å²) in [6.07, 6.45) is 4.65. The maximum absolute atomic E-state index is 12.2. The topological polar surface area (TPSA) is 46.9 Å². The first-order chi connectivity index (χ1) is 12.6. The second-order valence-electron chi connectivity index (χ2n) is 5.85. The quantitative estimate of drug-likeness (QED) is 0.590. The van der Waals surface area contributed by atoms with Crippen molar-refractivity contribution >= 4 is 35.0 Å². The fourth-order valence-corrected chi connectivity index (χ4v) is 3.38. The molecule has 6 heteroatoms. The number of anilines is 1. The smallest absolute Gasteiger partial charge is 0.234 e. The first-order valence-electron chi connectivity index (χ1n) is 8.41. The van der Waals surface area contributed by atoms with E-state index in [1.54, 1.807) is 6.20 Å². The lowest BCUT2D eigenvalue weighted by molar-refractivity contribution is -0.113. The maximum atomic E-state index is 12.2. The third kappa shape index (κ3) is 5.13. The second kappa shape index (κ2) is 8.92. The summed E-state index contributed by atoms with van der Waals surface area (Å²) in [5.41, 5.74) is 3.20. The van der Waals surface area contributed by atoms with Crippen molar-refractivity contribution < 1.29 is 4.79 Å². The van der Waals surface area contributed by atoms with Crippen LogP contribution in [0.3, 0.4) is 0 Å². The van der Waals surface area contributed by atoms with Gasteiger partial charge in [-0.2, -0.15) is 0 Å². The van der Waals surface area contributed by atoms with Gasteiger partial charge in [-0.3, -0.25) is 4.79 Å². The first kappa shape index (κ1) is 18.5. The lowest BCUT2D eigenvalue weighted by Crippen LogP contribution is -2.14. The monoisotopic (exact) mass is 385 g/mol. The number of aromatic nitrogens is 2. The number of hydrogen-bond donors (Lipinski definition) is 1. The highest BCUT2D eigenvalue weighted by molar-refractivity contribution is 7.99. The number of aryl methyl sites for hydroxylation is 1. The number of amides is 1. The number of carbonyl (C=O) groups is 1. The third-order valence-corrected chi connectivity index (χ3v) is 5.18. The molecular weight excluding hydrogens is 366 g/mol. The number of imidazole rings is 1. The van der Waals surface area contributed by atoms with E-state index < -0.39 is 0 Å². The number of rotatable bonds is 7. The van der Waals surface area contributed by atoms with E-state index >= 15 is 0 Å². The van der Waals surface area contributed by atoms with Crippen LogP contribution in [0.2, 0.25) is 5.02 Å². The average Bonchev–Trinajstić information content (AvgIpc) is 3.09. The Labute approximate surface area is 162 Å². The zero-order valence-corrected chi connectivity index (χ0v) is 16.1. The highest BCUT2D eigenvalue weighted by Gasteiger charge is 2.09. The molecule has 3 aromatic rings. The molecule has 1 heterocycles. The number of nitrogens with zero attached hydrogens (tertiary/aromatic N) is 2. The molecule has 1 amide bonds. The van der Waals surface area contributed by atoms with Crippen molar-refractivity contribution in [1.82, 2.24) is 9.55 Å². The minimum absolute atomic E-state index is 0.0414. The van der Waals surface area contributed by atoms with Crippen LogP contribution >= 0.6 is 23.4 Å². The van der Waals surface area contributed by atoms with Crippen molar-refractivity contribution in [2.45, 2.75) is 25.0 Å². The van der Waals surface area contributed by atoms with Crippen molar-refractivity contribution in [2.24, 2.45) is 0 Å². The van der Waals surface area contributed by atoms with E-state index in [4.69, 9.17) is 11.6 Å². The molecule has 0 fully saturated rings. The minimum atomic E-state index is -0.0414. The van der Waals surface area contributed by atoms with Crippen molar-refractivity contribution in [1.29, 1.82) is 0 Å². The zero-order valence-electron chi connectivity index (χ0n) is 14.5. The molecular formula is C20H20ClN3OS. The maximum Gasteiger partial charge on any atom is 0.234 e. The molecule has 0 unspecified atom stereocenters. The lowest BCUT2D eigenvalue weighted by atomic mass is 10.1. The Morgan fingerprint density at radius 3 is 2.50 bits per heavy atom. The van der Waals surface area contributed by atoms with E-state index in [1.807, 2.05) is 59.3 Å². The average molecular weight is 386 g/mol. The molecule has 0 aliphatic carbocycles. The molecule has 0 saturated carbocycles. The van der Waals surface area contributed by atoms with Gasteiger partial charge in [0.05, 0.1) is 5.75 Å². The molecule has 0 atom stereocenters. The van der Waals surface area contributed by atoms with Gasteiger partial charge in [0.25, 0.3) is 0 Å². The summed E-state index contributed by atoms with van der Waals surface area (Å²) in [5.74, 6) is 0.271. The highest BCUT2D eigenvalue weighted by Crippen LogP contribution is 2.19. The molecule has 0 aliphatic heterocycles. The van der Waals surface area contributed by atoms with Crippen molar-refractivity contribution in [3.8, 4) is 0 Å². The zero-order chi connectivity index (χ0) is 18.4. The summed E-state index contributed by atoms with van der Waals surface area (Å²) in [4.78, 5) is 16.5. The van der Waals surface area contributed by atoms with E-state index in [2.05, 4.69) is 17.2 Å². The summed E-state index contributed by atoms with van der Waals surface area (Å²) in [7, 11) is 0. The SMILES string of the molecule is CCc1ccc(NC(=O)CSc2nccn2Cc2ccc(Cl)cc2)cc1. The number of nitrogens with one attached hydrogen (secondary N) is 1. The van der Waals surface area contributed by atoms with Crippen LogP contribution in [0, 0.1) is 0 Å². The van der Waals surface area contributed by atoms with Crippen LogP contribution in [-0.2, 0) is 17.8 Å². The van der Waals surface area contributed by atoms with Gasteiger partial charge in [-0.15, -0.1) is 0 Å². The Kier molecular flexibility index (Phi) is 6.36. The predicted molar refractivity (Wildman–Crippen MR) is 108 cm³/mol. The number of halogens is 1. The second-order valence-corrected chi connectivity index (χ2v) is 7.23. The van der Waals surface area contributed by atoms with Gasteiger partial charge in [-0.25, -0.2) is 4.98 Å². The van der Waals surface area contributed by atoms with Crippen LogP contribution in [0.1, 0.15) is 18.1 Å². The largest absolute Gasteiger partial charge is 0.325 e. The van der Waals surface area contributed by atoms with Gasteiger partial charge in [0.2, 0.25) is 5.91 Å². The molecule has 0 bridgehead atoms. The summed E-state index contributed by atoms with van der Waals surface area (Å²) in [6.45, 7) is 2.80. The Morgan fingerprint density at radius 2 is 1.81 bits per heavy atom. The molecule has 0 aliphatic rings. The molecule has 4 nitrogen and oxygen atoms in total. The molecule has 3 rings (SSSR count). The van der Waals surface area contributed by atoms with Gasteiger partial charge in [0.1, 0.15) is 0 Å². The lowest BCUT2D eigenvalue weighted by Gasteiger charge is -2.09. The molecule has 0 radical (unpaired) electrons. The molecule has 134 valence electrons. The number of benzene rings is 2. The fraction of sp³-hybridized carbons (Fsp3) is 0.200. The van der Waals surface area contributed by atoms with E-state index in [-0.39, 0.29) is 5.91 Å². The van der Waals surface area contributed by atoms with Crippen LogP contribution < -0.4 is 5.32 Å². The Hall–Kier alpha value is -2.24. The van der Waals surface area contributed by atoms with Crippen LogP contribution in [0.25, 0.3) is 0 Å². The van der Waals surface area contributed by atoms with Gasteiger partial charge >= 0.3 is 0 Å². The summed E-state index contributed by atoms with van der Waals surface area (Å²) < 4.78 is 2.03. The standard InChI is InChI=1S/C20H20ClN3OS/c1-2-15-5-9-18(10-6-15)23-19(25)14-26-20-22-11-12-24(20)13-16-3-7-17(21)8-4-16/h3-12H,2,13-14H2,1H3,(H,23,25). The summed E-state index contributed by atoms with van der Waals surface area (Å²) in [6, 6.07) is 15.7. The van der Waals surface area contributed by atoms with Gasteiger partial charge in [-0.05, 0) is 41.8 Å². The van der Waals surface area contributed by atoms with Gasteiger partial charge in [0.15, 0.2) is 5.16 Å². The predicted octanol–water partition coefficient (Wildman–Crippen LogP) is 4.88. The van der Waals surface area contributed by atoms with Crippen LogP contribution in [-0.4, -0.2) is 21.2 Å². The van der Waals surface area contributed by atoms with E-state index in [1.165, 1.54) is 17.3 Å². The summed E-state index contributed by atoms with van der Waals surface area (Å²) >= 11 is 7.35. The first-order valence-corrected chi connectivity index (χ1v) is 9.77. The molecule has 1 aromatic heterocycles. The van der Waals surface area contributed by atoms with Crippen molar-refractivity contribution in [3.63, 3.8) is 0 Å². The van der Waals surface area contributed by atoms with E-state index in [0.29, 0.717) is 12.3 Å². The van der Waals surface area contributed by atoms with Crippen LogP contribution in [0.15, 0.2) is 66.1 Å². The molecule has 0 saturated heterocycles. The normalized spacial score (nSPS) is 10.7. The van der Waals surface area contributed by atoms with Crippen LogP contribution in [0.4, 0.5) is 5.69 Å². The molecule has 1 N–H and O–H groups in total. The van der Waals surface area contributed by atoms with Crippen LogP contribution in [0.5, 0.6) is 0 Å². The highest BCUT2D eigenvalue weighted by atomic mass is 35.5. The number of hydrogen-bond acceptors (Lipinski definition) is 3.